The van der Waals surface area contributed by atoms with Gasteiger partial charge in [0.2, 0.25) is 0 Å². The number of carboxylic acid groups (broad SMARTS) is 1. The predicted molar refractivity (Wildman–Crippen MR) is 115 cm³/mol. The molecule has 0 amide bonds. The largest absolute Gasteiger partial charge is 0.478 e. The van der Waals surface area contributed by atoms with E-state index in [2.05, 4.69) is 50.0 Å². The van der Waals surface area contributed by atoms with Gasteiger partial charge in [0.15, 0.2) is 0 Å². The fourth-order valence-corrected chi connectivity index (χ4v) is 7.59. The maximum atomic E-state index is 11.4. The van der Waals surface area contributed by atoms with Gasteiger partial charge in [-0.25, -0.2) is 4.79 Å². The van der Waals surface area contributed by atoms with Crippen LogP contribution >= 0.6 is 0 Å². The highest BCUT2D eigenvalue weighted by atomic mass is 16.4. The van der Waals surface area contributed by atoms with Crippen molar-refractivity contribution >= 4 is 5.97 Å². The maximum absolute atomic E-state index is 11.4. The van der Waals surface area contributed by atoms with Crippen LogP contribution in [0.15, 0.2) is 48.5 Å². The Balaban J connectivity index is 1.43. The van der Waals surface area contributed by atoms with Gasteiger partial charge in [-0.3, -0.25) is 0 Å². The fourth-order valence-electron chi connectivity index (χ4n) is 7.59. The summed E-state index contributed by atoms with van der Waals surface area (Å²) in [6.45, 7) is 5.04. The van der Waals surface area contributed by atoms with Gasteiger partial charge in [0.1, 0.15) is 0 Å². The number of benzene rings is 2. The molecule has 2 unspecified atom stereocenters. The summed E-state index contributed by atoms with van der Waals surface area (Å²) in [6.07, 6.45) is 8.21. The van der Waals surface area contributed by atoms with Crippen LogP contribution in [0.5, 0.6) is 0 Å². The van der Waals surface area contributed by atoms with Gasteiger partial charge < -0.3 is 5.11 Å². The van der Waals surface area contributed by atoms with E-state index in [-0.39, 0.29) is 5.56 Å². The van der Waals surface area contributed by atoms with Gasteiger partial charge in [-0.2, -0.15) is 0 Å². The first kappa shape index (κ1) is 18.5. The van der Waals surface area contributed by atoms with E-state index >= 15 is 0 Å². The quantitative estimate of drug-likeness (QED) is 0.642. The highest BCUT2D eigenvalue weighted by Crippen LogP contribution is 2.69. The third-order valence-corrected chi connectivity index (χ3v) is 7.62. The summed E-state index contributed by atoms with van der Waals surface area (Å²) in [5.41, 5.74) is 4.59. The molecular weight excluding hydrogens is 356 g/mol. The summed E-state index contributed by atoms with van der Waals surface area (Å²) in [5.74, 6) is 6.15. The first-order chi connectivity index (χ1) is 13.8. The second kappa shape index (κ2) is 6.23. The van der Waals surface area contributed by atoms with Crippen molar-refractivity contribution in [3.8, 4) is 11.8 Å². The van der Waals surface area contributed by atoms with E-state index in [1.165, 1.54) is 44.1 Å². The van der Waals surface area contributed by atoms with Crippen molar-refractivity contribution in [3.63, 3.8) is 0 Å². The number of hydrogen-bond acceptors (Lipinski definition) is 1. The van der Waals surface area contributed by atoms with Crippen LogP contribution < -0.4 is 0 Å². The lowest BCUT2D eigenvalue weighted by Gasteiger charge is -2.65. The van der Waals surface area contributed by atoms with Gasteiger partial charge in [-0.15, -0.1) is 0 Å². The van der Waals surface area contributed by atoms with E-state index in [9.17, 15) is 9.90 Å². The van der Waals surface area contributed by atoms with Crippen LogP contribution in [-0.2, 0) is 5.41 Å². The number of aromatic carboxylic acids is 1. The van der Waals surface area contributed by atoms with Crippen molar-refractivity contribution < 1.29 is 9.90 Å². The van der Waals surface area contributed by atoms with Gasteiger partial charge in [0, 0.05) is 11.1 Å². The van der Waals surface area contributed by atoms with Crippen molar-refractivity contribution in [2.45, 2.75) is 57.8 Å². The Kier molecular flexibility index (Phi) is 3.97. The molecule has 2 aromatic rings. The number of rotatable bonds is 2. The Morgan fingerprint density at radius 3 is 2.17 bits per heavy atom. The molecule has 0 aliphatic heterocycles. The topological polar surface area (TPSA) is 37.3 Å². The van der Waals surface area contributed by atoms with E-state index in [1.54, 1.807) is 18.2 Å². The minimum atomic E-state index is -0.936. The molecule has 2 atom stereocenters. The molecule has 0 saturated heterocycles. The van der Waals surface area contributed by atoms with Gasteiger partial charge in [-0.1, -0.05) is 50.0 Å². The van der Waals surface area contributed by atoms with E-state index in [1.807, 2.05) is 6.07 Å². The molecule has 4 aliphatic carbocycles. The second-order valence-electron chi connectivity index (χ2n) is 10.6. The molecule has 2 nitrogen and oxygen atoms in total. The smallest absolute Gasteiger partial charge is 0.336 e. The molecule has 1 N–H and O–H groups in total. The summed E-state index contributed by atoms with van der Waals surface area (Å²) < 4.78 is 0. The minimum Gasteiger partial charge on any atom is -0.478 e. The summed E-state index contributed by atoms with van der Waals surface area (Å²) in [4.78, 5) is 11.4. The minimum absolute atomic E-state index is 0.256. The zero-order valence-electron chi connectivity index (χ0n) is 17.3. The standard InChI is InChI=1S/C27H28O2/c1-25-13-20-14-26(2,16-25)18-27(15-20,17-25)22-11-8-19(9-12-22)7-10-21-5-3-4-6-23(21)24(28)29/h3-6,8-9,11-12,20H,13-18H2,1-2H3,(H,28,29). The van der Waals surface area contributed by atoms with Crippen LogP contribution in [0.3, 0.4) is 0 Å². The summed E-state index contributed by atoms with van der Waals surface area (Å²) in [6, 6.07) is 15.7. The van der Waals surface area contributed by atoms with Gasteiger partial charge in [-0.05, 0) is 90.5 Å². The molecule has 4 fully saturated rings. The van der Waals surface area contributed by atoms with E-state index in [4.69, 9.17) is 0 Å². The SMILES string of the molecule is CC12CC3CC(C)(C1)CC(c1ccc(C#Cc4ccccc4C(=O)O)cc1)(C3)C2. The third-order valence-electron chi connectivity index (χ3n) is 7.62. The molecule has 6 rings (SSSR count). The highest BCUT2D eigenvalue weighted by Gasteiger charge is 2.60. The average Bonchev–Trinajstić information content (AvgIpc) is 2.64. The van der Waals surface area contributed by atoms with Crippen molar-refractivity contribution in [1.29, 1.82) is 0 Å². The zero-order valence-corrected chi connectivity index (χ0v) is 17.3. The van der Waals surface area contributed by atoms with Crippen molar-refractivity contribution in [2.75, 3.05) is 0 Å². The fraction of sp³-hybridized carbons (Fsp3) is 0.444. The summed E-state index contributed by atoms with van der Waals surface area (Å²) in [5, 5.41) is 9.32. The highest BCUT2D eigenvalue weighted by molar-refractivity contribution is 5.90. The van der Waals surface area contributed by atoms with Crippen LogP contribution in [0, 0.1) is 28.6 Å². The van der Waals surface area contributed by atoms with E-state index < -0.39 is 5.97 Å². The molecule has 0 heterocycles. The molecule has 29 heavy (non-hydrogen) atoms. The van der Waals surface area contributed by atoms with E-state index in [0.717, 1.165) is 11.5 Å². The second-order valence-corrected chi connectivity index (χ2v) is 10.6. The van der Waals surface area contributed by atoms with E-state index in [0.29, 0.717) is 21.8 Å². The normalized spacial score (nSPS) is 34.5. The lowest BCUT2D eigenvalue weighted by molar-refractivity contribution is -0.110. The zero-order chi connectivity index (χ0) is 20.3. The van der Waals surface area contributed by atoms with Crippen molar-refractivity contribution in [2.24, 2.45) is 16.7 Å². The summed E-state index contributed by atoms with van der Waals surface area (Å²) in [7, 11) is 0. The first-order valence-corrected chi connectivity index (χ1v) is 10.7. The van der Waals surface area contributed by atoms with Crippen molar-refractivity contribution in [3.05, 3.63) is 70.8 Å². The molecule has 0 aromatic heterocycles. The van der Waals surface area contributed by atoms with Gasteiger partial charge in [0.25, 0.3) is 0 Å². The van der Waals surface area contributed by atoms with Crippen molar-refractivity contribution in [1.82, 2.24) is 0 Å². The lowest BCUT2D eigenvalue weighted by atomic mass is 9.39. The molecule has 4 bridgehead atoms. The Labute approximate surface area is 173 Å². The number of carbonyl (C=O) groups is 1. The van der Waals surface area contributed by atoms with Crippen LogP contribution in [-0.4, -0.2) is 11.1 Å². The molecule has 4 saturated carbocycles. The average molecular weight is 385 g/mol. The monoisotopic (exact) mass is 384 g/mol. The van der Waals surface area contributed by atoms with Crippen LogP contribution in [0.4, 0.5) is 0 Å². The Bertz CT molecular complexity index is 1020. The Morgan fingerprint density at radius 1 is 0.897 bits per heavy atom. The first-order valence-electron chi connectivity index (χ1n) is 10.7. The summed E-state index contributed by atoms with van der Waals surface area (Å²) >= 11 is 0. The van der Waals surface area contributed by atoms with Gasteiger partial charge >= 0.3 is 5.97 Å². The van der Waals surface area contributed by atoms with Crippen LogP contribution in [0.1, 0.15) is 79.4 Å². The number of hydrogen-bond donors (Lipinski definition) is 1. The molecule has 4 aliphatic rings. The lowest BCUT2D eigenvalue weighted by Crippen LogP contribution is -2.56. The van der Waals surface area contributed by atoms with Crippen LogP contribution in [0.25, 0.3) is 0 Å². The molecule has 0 radical (unpaired) electrons. The molecular formula is C27H28O2. The molecule has 0 spiro atoms. The third kappa shape index (κ3) is 3.18. The maximum Gasteiger partial charge on any atom is 0.336 e. The van der Waals surface area contributed by atoms with Gasteiger partial charge in [0.05, 0.1) is 5.56 Å². The molecule has 148 valence electrons. The molecule has 2 heteroatoms. The molecule has 2 aromatic carbocycles. The Morgan fingerprint density at radius 2 is 1.55 bits per heavy atom. The van der Waals surface area contributed by atoms with Crippen LogP contribution in [0.2, 0.25) is 0 Å². The predicted octanol–water partition coefficient (Wildman–Crippen LogP) is 6.03. The number of carboxylic acids is 1. The Hall–Kier alpha value is -2.53.